The number of aromatic hydroxyl groups is 1. The molecule has 0 atom stereocenters. The monoisotopic (exact) mass is 184 g/mol. The molecule has 0 aliphatic carbocycles. The van der Waals surface area contributed by atoms with Gasteiger partial charge in [0.1, 0.15) is 0 Å². The molecule has 0 saturated carbocycles. The molecule has 0 radical (unpaired) electrons. The molecule has 13 heavy (non-hydrogen) atoms. The number of hydrogen-bond donors (Lipinski definition) is 2. The molecule has 2 N–H and O–H groups in total. The fraction of sp³-hybridized carbons (Fsp3) is 0.500. The van der Waals surface area contributed by atoms with Gasteiger partial charge in [-0.05, 0) is 13.3 Å². The smallest absolute Gasteiger partial charge is 0.331 e. The van der Waals surface area contributed by atoms with Gasteiger partial charge in [0.05, 0.1) is 5.56 Å². The zero-order chi connectivity index (χ0) is 10.0. The van der Waals surface area contributed by atoms with E-state index in [1.54, 1.807) is 0 Å². The van der Waals surface area contributed by atoms with Gasteiger partial charge in [-0.1, -0.05) is 6.92 Å². The van der Waals surface area contributed by atoms with Crippen molar-refractivity contribution >= 4 is 0 Å². The Kier molecular flexibility index (Phi) is 2.55. The van der Waals surface area contributed by atoms with Gasteiger partial charge in [-0.25, -0.2) is 4.79 Å². The topological polar surface area (TPSA) is 75.1 Å². The predicted octanol–water partition coefficient (Wildman–Crippen LogP) is -0.0394. The molecule has 5 heteroatoms. The van der Waals surface area contributed by atoms with Crippen LogP contribution in [0.15, 0.2) is 9.59 Å². The van der Waals surface area contributed by atoms with Gasteiger partial charge in [0, 0.05) is 6.54 Å². The van der Waals surface area contributed by atoms with Gasteiger partial charge in [0.2, 0.25) is 5.88 Å². The molecule has 0 fully saturated rings. The van der Waals surface area contributed by atoms with Gasteiger partial charge in [-0.2, -0.15) is 0 Å². The van der Waals surface area contributed by atoms with Crippen molar-refractivity contribution in [3.05, 3.63) is 26.4 Å². The molecule has 0 amide bonds. The van der Waals surface area contributed by atoms with Crippen LogP contribution >= 0.6 is 0 Å². The summed E-state index contributed by atoms with van der Waals surface area (Å²) in [6, 6.07) is 0. The molecule has 0 unspecified atom stereocenters. The fourth-order valence-electron chi connectivity index (χ4n) is 1.09. The minimum atomic E-state index is -0.560. The van der Waals surface area contributed by atoms with Gasteiger partial charge < -0.3 is 5.11 Å². The van der Waals surface area contributed by atoms with Crippen molar-refractivity contribution in [2.45, 2.75) is 26.8 Å². The summed E-state index contributed by atoms with van der Waals surface area (Å²) in [6.07, 6.45) is 0.721. The highest BCUT2D eigenvalue weighted by molar-refractivity contribution is 5.20. The molecule has 0 aromatic carbocycles. The minimum absolute atomic E-state index is 0.174. The average Bonchev–Trinajstić information content (AvgIpc) is 2.09. The van der Waals surface area contributed by atoms with E-state index in [0.29, 0.717) is 6.54 Å². The van der Waals surface area contributed by atoms with Gasteiger partial charge in [0.25, 0.3) is 5.56 Å². The van der Waals surface area contributed by atoms with E-state index in [0.717, 1.165) is 11.0 Å². The van der Waals surface area contributed by atoms with Crippen molar-refractivity contribution in [2.24, 2.45) is 0 Å². The SMILES string of the molecule is CCCn1c(O)c(C)c(=O)[nH]c1=O. The maximum Gasteiger partial charge on any atom is 0.331 e. The first kappa shape index (κ1) is 9.57. The van der Waals surface area contributed by atoms with E-state index >= 15 is 0 Å². The Balaban J connectivity index is 3.44. The summed E-state index contributed by atoms with van der Waals surface area (Å²) in [5.74, 6) is -0.240. The zero-order valence-electron chi connectivity index (χ0n) is 7.63. The zero-order valence-corrected chi connectivity index (χ0v) is 7.63. The van der Waals surface area contributed by atoms with E-state index in [2.05, 4.69) is 4.98 Å². The molecular formula is C8H12N2O3. The summed E-state index contributed by atoms with van der Waals surface area (Å²) < 4.78 is 1.15. The van der Waals surface area contributed by atoms with Crippen LogP contribution in [0.3, 0.4) is 0 Å². The highest BCUT2D eigenvalue weighted by Crippen LogP contribution is 2.07. The number of aromatic amines is 1. The van der Waals surface area contributed by atoms with Crippen LogP contribution in [0.5, 0.6) is 5.88 Å². The molecule has 0 bridgehead atoms. The van der Waals surface area contributed by atoms with Gasteiger partial charge >= 0.3 is 5.69 Å². The maximum absolute atomic E-state index is 11.2. The van der Waals surface area contributed by atoms with E-state index in [9.17, 15) is 14.7 Å². The lowest BCUT2D eigenvalue weighted by Gasteiger charge is -2.06. The van der Waals surface area contributed by atoms with E-state index < -0.39 is 11.2 Å². The highest BCUT2D eigenvalue weighted by Gasteiger charge is 2.08. The lowest BCUT2D eigenvalue weighted by Crippen LogP contribution is -2.31. The van der Waals surface area contributed by atoms with Crippen molar-refractivity contribution < 1.29 is 5.11 Å². The molecule has 72 valence electrons. The third kappa shape index (κ3) is 1.63. The summed E-state index contributed by atoms with van der Waals surface area (Å²) in [5, 5.41) is 9.43. The van der Waals surface area contributed by atoms with Gasteiger partial charge in [-0.15, -0.1) is 0 Å². The lowest BCUT2D eigenvalue weighted by atomic mass is 10.3. The second kappa shape index (κ2) is 3.47. The van der Waals surface area contributed by atoms with Crippen molar-refractivity contribution in [3.63, 3.8) is 0 Å². The van der Waals surface area contributed by atoms with Crippen LogP contribution in [0.2, 0.25) is 0 Å². The maximum atomic E-state index is 11.2. The molecule has 5 nitrogen and oxygen atoms in total. The fourth-order valence-corrected chi connectivity index (χ4v) is 1.09. The van der Waals surface area contributed by atoms with Crippen molar-refractivity contribution in [2.75, 3.05) is 0 Å². The minimum Gasteiger partial charge on any atom is -0.494 e. The number of nitrogens with zero attached hydrogens (tertiary/aromatic N) is 1. The molecule has 0 aliphatic heterocycles. The second-order valence-electron chi connectivity index (χ2n) is 2.86. The van der Waals surface area contributed by atoms with Gasteiger partial charge in [-0.3, -0.25) is 14.3 Å². The van der Waals surface area contributed by atoms with Crippen LogP contribution in [0.1, 0.15) is 18.9 Å². The van der Waals surface area contributed by atoms with Crippen LogP contribution in [-0.4, -0.2) is 14.7 Å². The van der Waals surface area contributed by atoms with E-state index in [1.807, 2.05) is 6.92 Å². The quantitative estimate of drug-likeness (QED) is 0.677. The molecule has 0 saturated heterocycles. The third-order valence-corrected chi connectivity index (χ3v) is 1.84. The summed E-state index contributed by atoms with van der Waals surface area (Å²) in [6.45, 7) is 3.76. The predicted molar refractivity (Wildman–Crippen MR) is 48.0 cm³/mol. The van der Waals surface area contributed by atoms with Crippen LogP contribution in [-0.2, 0) is 6.54 Å². The molecule has 1 aromatic heterocycles. The molecule has 0 spiro atoms. The number of hydrogen-bond acceptors (Lipinski definition) is 3. The summed E-state index contributed by atoms with van der Waals surface area (Å²) in [4.78, 5) is 24.3. The Bertz CT molecular complexity index is 416. The van der Waals surface area contributed by atoms with Crippen molar-refractivity contribution in [1.29, 1.82) is 0 Å². The molecule has 0 aliphatic rings. The first-order valence-electron chi connectivity index (χ1n) is 4.10. The Hall–Kier alpha value is -1.52. The van der Waals surface area contributed by atoms with Crippen LogP contribution in [0.25, 0.3) is 0 Å². The van der Waals surface area contributed by atoms with Crippen molar-refractivity contribution in [1.82, 2.24) is 9.55 Å². The number of H-pyrrole nitrogens is 1. The summed E-state index contributed by atoms with van der Waals surface area (Å²) in [7, 11) is 0. The third-order valence-electron chi connectivity index (χ3n) is 1.84. The van der Waals surface area contributed by atoms with E-state index in [4.69, 9.17) is 0 Å². The summed E-state index contributed by atoms with van der Waals surface area (Å²) >= 11 is 0. The molecule has 1 rings (SSSR count). The van der Waals surface area contributed by atoms with Crippen LogP contribution in [0, 0.1) is 6.92 Å². The molecule has 1 aromatic rings. The Morgan fingerprint density at radius 2 is 2.08 bits per heavy atom. The highest BCUT2D eigenvalue weighted by atomic mass is 16.3. The van der Waals surface area contributed by atoms with Gasteiger partial charge in [0.15, 0.2) is 0 Å². The Labute approximate surface area is 74.7 Å². The lowest BCUT2D eigenvalue weighted by molar-refractivity contribution is 0.394. The normalized spacial score (nSPS) is 10.3. The Morgan fingerprint density at radius 1 is 1.46 bits per heavy atom. The average molecular weight is 184 g/mol. The van der Waals surface area contributed by atoms with Crippen molar-refractivity contribution in [3.8, 4) is 5.88 Å². The van der Waals surface area contributed by atoms with E-state index in [1.165, 1.54) is 6.92 Å². The van der Waals surface area contributed by atoms with E-state index in [-0.39, 0.29) is 11.4 Å². The molecular weight excluding hydrogens is 172 g/mol. The number of nitrogens with one attached hydrogen (secondary N) is 1. The van der Waals surface area contributed by atoms with Crippen LogP contribution < -0.4 is 11.2 Å². The Morgan fingerprint density at radius 3 is 2.62 bits per heavy atom. The molecule has 1 heterocycles. The summed E-state index contributed by atoms with van der Waals surface area (Å²) in [5.41, 5.74) is -0.919. The number of rotatable bonds is 2. The standard InChI is InChI=1S/C8H12N2O3/c1-3-4-10-7(12)5(2)6(11)9-8(10)13/h12H,3-4H2,1-2H3,(H,9,11,13). The largest absolute Gasteiger partial charge is 0.494 e. The first-order chi connectivity index (χ1) is 6.07. The van der Waals surface area contributed by atoms with Crippen LogP contribution in [0.4, 0.5) is 0 Å². The second-order valence-corrected chi connectivity index (χ2v) is 2.86. The number of aromatic nitrogens is 2. The first-order valence-corrected chi connectivity index (χ1v) is 4.10.